The Kier molecular flexibility index (Phi) is 12.4. The first kappa shape index (κ1) is 27.2. The Hall–Kier alpha value is -2.03. The quantitative estimate of drug-likeness (QED) is 0.372. The molecule has 7 heteroatoms. The van der Waals surface area contributed by atoms with E-state index in [2.05, 4.69) is 0 Å². The summed E-state index contributed by atoms with van der Waals surface area (Å²) in [5.41, 5.74) is 1.95. The Balaban J connectivity index is 2.10. The van der Waals surface area contributed by atoms with E-state index in [1.54, 1.807) is 19.2 Å². The second-order valence-corrected chi connectivity index (χ2v) is 7.75. The van der Waals surface area contributed by atoms with E-state index in [9.17, 15) is 9.50 Å². The van der Waals surface area contributed by atoms with Crippen LogP contribution in [0.25, 0.3) is 0 Å². The lowest BCUT2D eigenvalue weighted by Gasteiger charge is -2.32. The molecule has 0 bridgehead atoms. The maximum Gasteiger partial charge on any atom is 0.180 e. The van der Waals surface area contributed by atoms with Gasteiger partial charge in [0.05, 0.1) is 39.1 Å². The molecule has 0 aliphatic carbocycles. The molecular weight excluding hydrogens is 427 g/mol. The predicted octanol–water partition coefficient (Wildman–Crippen LogP) is 4.37. The first-order valence-electron chi connectivity index (χ1n) is 11.4. The molecule has 0 amide bonds. The van der Waals surface area contributed by atoms with Gasteiger partial charge in [0.1, 0.15) is 11.6 Å². The number of ether oxygens (including phenoxy) is 5. The molecule has 2 rings (SSSR count). The number of halogens is 1. The molecule has 6 nitrogen and oxygen atoms in total. The Morgan fingerprint density at radius 2 is 1.45 bits per heavy atom. The number of hydrogen-bond acceptors (Lipinski definition) is 6. The van der Waals surface area contributed by atoms with Gasteiger partial charge in [0.25, 0.3) is 0 Å². The lowest BCUT2D eigenvalue weighted by atomic mass is 9.89. The zero-order chi connectivity index (χ0) is 24.1. The molecule has 0 aliphatic heterocycles. The molecule has 0 aliphatic rings. The van der Waals surface area contributed by atoms with Gasteiger partial charge in [-0.05, 0) is 62.6 Å². The van der Waals surface area contributed by atoms with E-state index in [4.69, 9.17) is 23.7 Å². The van der Waals surface area contributed by atoms with Gasteiger partial charge in [0.2, 0.25) is 0 Å². The number of aliphatic hydroxyl groups excluding tert-OH is 1. The minimum atomic E-state index is -0.510. The first-order valence-corrected chi connectivity index (χ1v) is 11.4. The van der Waals surface area contributed by atoms with E-state index in [0.29, 0.717) is 26.2 Å². The third kappa shape index (κ3) is 9.39. The van der Waals surface area contributed by atoms with Gasteiger partial charge in [-0.15, -0.1) is 0 Å². The molecule has 0 spiro atoms. The van der Waals surface area contributed by atoms with Crippen molar-refractivity contribution in [1.29, 1.82) is 0 Å². The molecule has 184 valence electrons. The molecule has 0 fully saturated rings. The van der Waals surface area contributed by atoms with E-state index < -0.39 is 12.4 Å². The summed E-state index contributed by atoms with van der Waals surface area (Å²) in [6.45, 7) is 7.15. The van der Waals surface area contributed by atoms with Crippen molar-refractivity contribution < 1.29 is 33.2 Å². The second kappa shape index (κ2) is 15.0. The molecule has 2 aromatic carbocycles. The summed E-state index contributed by atoms with van der Waals surface area (Å²) >= 11 is 0. The first-order chi connectivity index (χ1) is 16.0. The van der Waals surface area contributed by atoms with Gasteiger partial charge in [0.15, 0.2) is 6.29 Å². The van der Waals surface area contributed by atoms with Gasteiger partial charge in [-0.2, -0.15) is 0 Å². The highest BCUT2D eigenvalue weighted by Crippen LogP contribution is 2.23. The van der Waals surface area contributed by atoms with E-state index in [1.807, 2.05) is 45.0 Å². The normalized spacial score (nSPS) is 14.3. The third-order valence-corrected chi connectivity index (χ3v) is 5.47. The van der Waals surface area contributed by atoms with Crippen molar-refractivity contribution in [3.05, 3.63) is 65.5 Å². The molecule has 0 heterocycles. The maximum absolute atomic E-state index is 13.4. The molecule has 0 aromatic heterocycles. The Labute approximate surface area is 196 Å². The van der Waals surface area contributed by atoms with Gasteiger partial charge in [-0.1, -0.05) is 24.3 Å². The highest BCUT2D eigenvalue weighted by Gasteiger charge is 2.29. The lowest BCUT2D eigenvalue weighted by molar-refractivity contribution is -0.189. The average molecular weight is 465 g/mol. The van der Waals surface area contributed by atoms with Gasteiger partial charge in [0, 0.05) is 19.1 Å². The van der Waals surface area contributed by atoms with Crippen LogP contribution in [0.3, 0.4) is 0 Å². The average Bonchev–Trinajstić information content (AvgIpc) is 2.83. The molecular formula is C26H37FO6. The van der Waals surface area contributed by atoms with Crippen molar-refractivity contribution in [2.24, 2.45) is 5.92 Å². The van der Waals surface area contributed by atoms with Crippen LogP contribution in [0.4, 0.5) is 4.39 Å². The van der Waals surface area contributed by atoms with E-state index in [-0.39, 0.29) is 31.1 Å². The fourth-order valence-electron chi connectivity index (χ4n) is 3.60. The molecule has 0 unspecified atom stereocenters. The zero-order valence-corrected chi connectivity index (χ0v) is 20.0. The third-order valence-electron chi connectivity index (χ3n) is 5.47. The number of hydrogen-bond donors (Lipinski definition) is 1. The van der Waals surface area contributed by atoms with Gasteiger partial charge in [-0.25, -0.2) is 4.39 Å². The minimum absolute atomic E-state index is 0.178. The Morgan fingerprint density at radius 1 is 0.848 bits per heavy atom. The molecule has 0 saturated carbocycles. The largest absolute Gasteiger partial charge is 0.497 e. The Morgan fingerprint density at radius 3 is 2.00 bits per heavy atom. The molecule has 33 heavy (non-hydrogen) atoms. The van der Waals surface area contributed by atoms with E-state index >= 15 is 0 Å². The van der Waals surface area contributed by atoms with Crippen LogP contribution in [0.15, 0.2) is 48.5 Å². The summed E-state index contributed by atoms with van der Waals surface area (Å²) in [6, 6.07) is 14.0. The standard InChI is InChI=1S/C26H37FO6/c1-5-30-26(31-6-2)18-33-25(16-28)24(15-20-7-11-22(27)12-8-20)19(3)32-17-21-9-13-23(29-4)14-10-21/h7-14,19,24-26,28H,5-6,15-18H2,1-4H3/t19-,24-,25+/m0/s1. The number of benzene rings is 2. The van der Waals surface area contributed by atoms with Crippen LogP contribution in [-0.4, -0.2) is 57.1 Å². The van der Waals surface area contributed by atoms with Gasteiger partial charge >= 0.3 is 0 Å². The molecule has 0 radical (unpaired) electrons. The van der Waals surface area contributed by atoms with Crippen molar-refractivity contribution in [1.82, 2.24) is 0 Å². The van der Waals surface area contributed by atoms with Crippen LogP contribution >= 0.6 is 0 Å². The van der Waals surface area contributed by atoms with Crippen molar-refractivity contribution >= 4 is 0 Å². The van der Waals surface area contributed by atoms with Crippen LogP contribution < -0.4 is 4.74 Å². The van der Waals surface area contributed by atoms with Crippen molar-refractivity contribution in [3.8, 4) is 5.75 Å². The van der Waals surface area contributed by atoms with Crippen LogP contribution in [0.1, 0.15) is 31.9 Å². The molecule has 3 atom stereocenters. The summed E-state index contributed by atoms with van der Waals surface area (Å²) in [7, 11) is 1.63. The fourth-order valence-corrected chi connectivity index (χ4v) is 3.60. The van der Waals surface area contributed by atoms with Gasteiger partial charge in [-0.3, -0.25) is 0 Å². The predicted molar refractivity (Wildman–Crippen MR) is 125 cm³/mol. The Bertz CT molecular complexity index is 761. The molecule has 0 saturated heterocycles. The number of methoxy groups -OCH3 is 1. The number of aliphatic hydroxyl groups is 1. The van der Waals surface area contributed by atoms with Crippen LogP contribution in [0.2, 0.25) is 0 Å². The topological polar surface area (TPSA) is 66.4 Å². The highest BCUT2D eigenvalue weighted by atomic mass is 19.1. The van der Waals surface area contributed by atoms with Crippen LogP contribution in [-0.2, 0) is 32.0 Å². The summed E-state index contributed by atoms with van der Waals surface area (Å²) in [5.74, 6) is 0.320. The van der Waals surface area contributed by atoms with Crippen molar-refractivity contribution in [2.45, 2.75) is 52.3 Å². The summed E-state index contributed by atoms with van der Waals surface area (Å²) < 4.78 is 41.9. The summed E-state index contributed by atoms with van der Waals surface area (Å²) in [6.07, 6.45) is -0.698. The highest BCUT2D eigenvalue weighted by molar-refractivity contribution is 5.26. The smallest absolute Gasteiger partial charge is 0.180 e. The maximum atomic E-state index is 13.4. The lowest BCUT2D eigenvalue weighted by Crippen LogP contribution is -2.40. The van der Waals surface area contributed by atoms with E-state index in [0.717, 1.165) is 16.9 Å². The van der Waals surface area contributed by atoms with E-state index in [1.165, 1.54) is 12.1 Å². The molecule has 2 aromatic rings. The van der Waals surface area contributed by atoms with Gasteiger partial charge < -0.3 is 28.8 Å². The minimum Gasteiger partial charge on any atom is -0.497 e. The summed E-state index contributed by atoms with van der Waals surface area (Å²) in [5, 5.41) is 10.1. The molecule has 1 N–H and O–H groups in total. The number of rotatable bonds is 16. The van der Waals surface area contributed by atoms with Crippen LogP contribution in [0, 0.1) is 11.7 Å². The zero-order valence-electron chi connectivity index (χ0n) is 20.0. The van der Waals surface area contributed by atoms with Crippen molar-refractivity contribution in [3.63, 3.8) is 0 Å². The monoisotopic (exact) mass is 464 g/mol. The second-order valence-electron chi connectivity index (χ2n) is 7.75. The van der Waals surface area contributed by atoms with Crippen LogP contribution in [0.5, 0.6) is 5.75 Å². The summed E-state index contributed by atoms with van der Waals surface area (Å²) in [4.78, 5) is 0. The SMILES string of the molecule is CCOC(CO[C@H](CO)[C@@H](Cc1ccc(F)cc1)[C@H](C)OCc1ccc(OC)cc1)OCC. The van der Waals surface area contributed by atoms with Crippen molar-refractivity contribution in [2.75, 3.05) is 33.5 Å². The fraction of sp³-hybridized carbons (Fsp3) is 0.538.